The second-order valence-electron chi connectivity index (χ2n) is 4.09. The van der Waals surface area contributed by atoms with E-state index in [4.69, 9.17) is 18.0 Å². The summed E-state index contributed by atoms with van der Waals surface area (Å²) in [5, 5.41) is 9.27. The highest BCUT2D eigenvalue weighted by molar-refractivity contribution is 7.80. The highest BCUT2D eigenvalue weighted by Crippen LogP contribution is 2.30. The minimum Gasteiger partial charge on any atom is -0.391 e. The number of hydrogen-bond acceptors (Lipinski definition) is 3. The van der Waals surface area contributed by atoms with Crippen LogP contribution in [0.1, 0.15) is 36.0 Å². The second-order valence-corrected chi connectivity index (χ2v) is 4.53. The Morgan fingerprint density at radius 2 is 2.25 bits per heavy atom. The summed E-state index contributed by atoms with van der Waals surface area (Å²) < 4.78 is 0. The van der Waals surface area contributed by atoms with Crippen molar-refractivity contribution in [2.45, 2.75) is 31.2 Å². The third-order valence-electron chi connectivity index (χ3n) is 3.04. The van der Waals surface area contributed by atoms with Gasteiger partial charge in [-0.05, 0) is 12.8 Å². The number of aromatic nitrogens is 2. The molecule has 0 unspecified atom stereocenters. The topological polar surface area (TPSA) is 83.8 Å². The van der Waals surface area contributed by atoms with Crippen LogP contribution in [-0.4, -0.2) is 26.6 Å². The van der Waals surface area contributed by atoms with Crippen LogP contribution in [0.4, 0.5) is 0 Å². The SMILES string of the molecule is NC(=S)C1(NC(=O)c2cn[nH]c2)CCCC1. The number of amides is 1. The van der Waals surface area contributed by atoms with Gasteiger partial charge in [-0.3, -0.25) is 9.89 Å². The predicted molar refractivity (Wildman–Crippen MR) is 64.0 cm³/mol. The highest BCUT2D eigenvalue weighted by Gasteiger charge is 2.38. The molecule has 0 atom stereocenters. The smallest absolute Gasteiger partial charge is 0.255 e. The van der Waals surface area contributed by atoms with E-state index in [0.29, 0.717) is 10.6 Å². The van der Waals surface area contributed by atoms with E-state index < -0.39 is 5.54 Å². The summed E-state index contributed by atoms with van der Waals surface area (Å²) in [6, 6.07) is 0. The highest BCUT2D eigenvalue weighted by atomic mass is 32.1. The molecule has 0 aromatic carbocycles. The lowest BCUT2D eigenvalue weighted by Gasteiger charge is -2.28. The lowest BCUT2D eigenvalue weighted by Crippen LogP contribution is -2.54. The molecule has 16 heavy (non-hydrogen) atoms. The third-order valence-corrected chi connectivity index (χ3v) is 3.43. The van der Waals surface area contributed by atoms with E-state index in [9.17, 15) is 4.79 Å². The molecule has 0 radical (unpaired) electrons. The van der Waals surface area contributed by atoms with E-state index in [2.05, 4.69) is 15.5 Å². The number of thiocarbonyl (C=S) groups is 1. The molecule has 1 aliphatic rings. The Morgan fingerprint density at radius 3 is 2.75 bits per heavy atom. The fourth-order valence-corrected chi connectivity index (χ4v) is 2.33. The minimum atomic E-state index is -0.496. The number of nitrogens with two attached hydrogens (primary N) is 1. The van der Waals surface area contributed by atoms with E-state index in [1.807, 2.05) is 0 Å². The molecular formula is C10H14N4OS. The quantitative estimate of drug-likeness (QED) is 0.678. The van der Waals surface area contributed by atoms with Gasteiger partial charge in [0.25, 0.3) is 5.91 Å². The van der Waals surface area contributed by atoms with Crippen molar-refractivity contribution in [2.24, 2.45) is 5.73 Å². The van der Waals surface area contributed by atoms with E-state index in [-0.39, 0.29) is 5.91 Å². The largest absolute Gasteiger partial charge is 0.391 e. The molecule has 1 aliphatic carbocycles. The van der Waals surface area contributed by atoms with Crippen LogP contribution in [0.3, 0.4) is 0 Å². The fraction of sp³-hybridized carbons (Fsp3) is 0.500. The van der Waals surface area contributed by atoms with Gasteiger partial charge in [0.15, 0.2) is 0 Å². The maximum atomic E-state index is 11.9. The number of H-pyrrole nitrogens is 1. The molecule has 4 N–H and O–H groups in total. The number of nitrogens with zero attached hydrogens (tertiary/aromatic N) is 1. The van der Waals surface area contributed by atoms with Crippen molar-refractivity contribution >= 4 is 23.1 Å². The lowest BCUT2D eigenvalue weighted by molar-refractivity contribution is 0.0924. The van der Waals surface area contributed by atoms with Gasteiger partial charge in [0.05, 0.1) is 22.3 Å². The van der Waals surface area contributed by atoms with Gasteiger partial charge < -0.3 is 11.1 Å². The van der Waals surface area contributed by atoms with Crippen LogP contribution in [0.2, 0.25) is 0 Å². The summed E-state index contributed by atoms with van der Waals surface area (Å²) in [5.74, 6) is -0.177. The molecule has 1 aromatic rings. The third kappa shape index (κ3) is 1.92. The Balaban J connectivity index is 2.13. The zero-order valence-electron chi connectivity index (χ0n) is 8.82. The molecule has 6 heteroatoms. The summed E-state index contributed by atoms with van der Waals surface area (Å²) in [4.78, 5) is 12.3. The molecule has 0 saturated heterocycles. The lowest BCUT2D eigenvalue weighted by atomic mass is 9.97. The maximum Gasteiger partial charge on any atom is 0.255 e. The van der Waals surface area contributed by atoms with Crippen molar-refractivity contribution in [3.05, 3.63) is 18.0 Å². The number of carbonyl (C=O) groups excluding carboxylic acids is 1. The van der Waals surface area contributed by atoms with Crippen molar-refractivity contribution in [3.8, 4) is 0 Å². The van der Waals surface area contributed by atoms with Crippen LogP contribution in [0, 0.1) is 0 Å². The van der Waals surface area contributed by atoms with Crippen LogP contribution in [-0.2, 0) is 0 Å². The summed E-state index contributed by atoms with van der Waals surface area (Å²) in [5.41, 5.74) is 5.73. The van der Waals surface area contributed by atoms with E-state index in [1.165, 1.54) is 6.20 Å². The first-order chi connectivity index (χ1) is 7.64. The molecule has 5 nitrogen and oxygen atoms in total. The molecule has 0 spiro atoms. The first kappa shape index (κ1) is 11.1. The van der Waals surface area contributed by atoms with Crippen molar-refractivity contribution in [3.63, 3.8) is 0 Å². The van der Waals surface area contributed by atoms with Crippen LogP contribution >= 0.6 is 12.2 Å². The average molecular weight is 238 g/mol. The van der Waals surface area contributed by atoms with Crippen molar-refractivity contribution < 1.29 is 4.79 Å². The number of aromatic amines is 1. The summed E-state index contributed by atoms with van der Waals surface area (Å²) in [6.45, 7) is 0. The van der Waals surface area contributed by atoms with Gasteiger partial charge in [-0.25, -0.2) is 0 Å². The second kappa shape index (κ2) is 4.21. The van der Waals surface area contributed by atoms with E-state index in [1.54, 1.807) is 6.20 Å². The van der Waals surface area contributed by atoms with Gasteiger partial charge in [-0.1, -0.05) is 25.1 Å². The van der Waals surface area contributed by atoms with Crippen LogP contribution in [0.15, 0.2) is 12.4 Å². The molecule has 1 saturated carbocycles. The van der Waals surface area contributed by atoms with Gasteiger partial charge in [0.1, 0.15) is 0 Å². The zero-order chi connectivity index (χ0) is 11.6. The van der Waals surface area contributed by atoms with Gasteiger partial charge in [0, 0.05) is 6.20 Å². The number of rotatable bonds is 3. The monoisotopic (exact) mass is 238 g/mol. The number of carbonyl (C=O) groups is 1. The summed E-state index contributed by atoms with van der Waals surface area (Å²) >= 11 is 5.05. The summed E-state index contributed by atoms with van der Waals surface area (Å²) in [6.07, 6.45) is 6.78. The molecule has 0 aliphatic heterocycles. The van der Waals surface area contributed by atoms with Crippen molar-refractivity contribution in [2.75, 3.05) is 0 Å². The molecule has 1 fully saturated rings. The molecule has 86 valence electrons. The Kier molecular flexibility index (Phi) is 2.91. The zero-order valence-corrected chi connectivity index (χ0v) is 9.64. The van der Waals surface area contributed by atoms with Crippen LogP contribution < -0.4 is 11.1 Å². The number of hydrogen-bond donors (Lipinski definition) is 3. The number of nitrogens with one attached hydrogen (secondary N) is 2. The standard InChI is InChI=1S/C10H14N4OS/c11-9(16)10(3-1-2-4-10)14-8(15)7-5-12-13-6-7/h5-6H,1-4H2,(H2,11,16)(H,12,13)(H,14,15). The predicted octanol–water partition coefficient (Wildman–Crippen LogP) is 0.738. The maximum absolute atomic E-state index is 11.9. The van der Waals surface area contributed by atoms with Crippen LogP contribution in [0.5, 0.6) is 0 Å². The first-order valence-corrected chi connectivity index (χ1v) is 5.66. The van der Waals surface area contributed by atoms with E-state index >= 15 is 0 Å². The minimum absolute atomic E-state index is 0.177. The molecule has 1 heterocycles. The molecule has 1 aromatic heterocycles. The normalized spacial score (nSPS) is 18.2. The first-order valence-electron chi connectivity index (χ1n) is 5.25. The molecule has 2 rings (SSSR count). The Labute approximate surface area is 98.8 Å². The van der Waals surface area contributed by atoms with E-state index in [0.717, 1.165) is 25.7 Å². The van der Waals surface area contributed by atoms with Crippen molar-refractivity contribution in [1.29, 1.82) is 0 Å². The Morgan fingerprint density at radius 1 is 1.56 bits per heavy atom. The van der Waals surface area contributed by atoms with Crippen molar-refractivity contribution in [1.82, 2.24) is 15.5 Å². The molecular weight excluding hydrogens is 224 g/mol. The Bertz CT molecular complexity index is 395. The van der Waals surface area contributed by atoms with Gasteiger partial charge >= 0.3 is 0 Å². The average Bonchev–Trinajstić information content (AvgIpc) is 2.88. The molecule has 0 bridgehead atoms. The fourth-order valence-electron chi connectivity index (χ4n) is 2.08. The Hall–Kier alpha value is -1.43. The molecule has 1 amide bonds. The summed E-state index contributed by atoms with van der Waals surface area (Å²) in [7, 11) is 0. The van der Waals surface area contributed by atoms with Gasteiger partial charge in [-0.2, -0.15) is 5.10 Å². The van der Waals surface area contributed by atoms with Crippen LogP contribution in [0.25, 0.3) is 0 Å². The van der Waals surface area contributed by atoms with Gasteiger partial charge in [-0.15, -0.1) is 0 Å². The van der Waals surface area contributed by atoms with Gasteiger partial charge in [0.2, 0.25) is 0 Å².